The normalized spacial score (nSPS) is 19.1. The molecule has 0 unspecified atom stereocenters. The molecule has 1 heterocycles. The Bertz CT molecular complexity index is 324. The molecule has 16 heavy (non-hydrogen) atoms. The maximum absolute atomic E-state index is 5.69. The van der Waals surface area contributed by atoms with Crippen molar-refractivity contribution in [3.8, 4) is 0 Å². The van der Waals surface area contributed by atoms with Gasteiger partial charge in [0.05, 0.1) is 6.61 Å². The van der Waals surface area contributed by atoms with E-state index in [1.54, 1.807) is 0 Å². The van der Waals surface area contributed by atoms with Crippen molar-refractivity contribution in [3.63, 3.8) is 0 Å². The highest BCUT2D eigenvalue weighted by Gasteiger charge is 2.32. The summed E-state index contributed by atoms with van der Waals surface area (Å²) in [6.45, 7) is 6.03. The van der Waals surface area contributed by atoms with Crippen molar-refractivity contribution >= 4 is 28.9 Å². The van der Waals surface area contributed by atoms with Gasteiger partial charge in [-0.3, -0.25) is 4.84 Å². The van der Waals surface area contributed by atoms with E-state index in [4.69, 9.17) is 16.3 Å². The molecule has 0 amide bonds. The van der Waals surface area contributed by atoms with Crippen molar-refractivity contribution in [2.75, 3.05) is 6.61 Å². The van der Waals surface area contributed by atoms with E-state index in [2.05, 4.69) is 9.98 Å². The fraction of sp³-hybridized carbons (Fsp3) is 0.556. The average molecular weight is 292 g/mol. The molecule has 0 saturated carbocycles. The van der Waals surface area contributed by atoms with Gasteiger partial charge in [0.15, 0.2) is 5.66 Å². The molecule has 6 nitrogen and oxygen atoms in total. The largest absolute Gasteiger partial charge is 0.368 e. The summed E-state index contributed by atoms with van der Waals surface area (Å²) >= 11 is 0. The predicted molar refractivity (Wildman–Crippen MR) is 70.3 cm³/mol. The molecule has 0 fully saturated rings. The lowest BCUT2D eigenvalue weighted by Gasteiger charge is -2.36. The zero-order valence-corrected chi connectivity index (χ0v) is 11.4. The molecule has 4 N–H and O–H groups in total. The van der Waals surface area contributed by atoms with Crippen molar-refractivity contribution in [2.45, 2.75) is 26.4 Å². The minimum atomic E-state index is -0.627. The number of hydrogen-bond acceptors (Lipinski definition) is 6. The Morgan fingerprint density at radius 1 is 1.44 bits per heavy atom. The minimum Gasteiger partial charge on any atom is -0.368 e. The van der Waals surface area contributed by atoms with Gasteiger partial charge in [-0.2, -0.15) is 10.1 Å². The molecule has 0 aromatic rings. The van der Waals surface area contributed by atoms with Gasteiger partial charge in [-0.25, -0.2) is 4.99 Å². The number of nitrogens with zero attached hydrogens (tertiary/aromatic N) is 3. The van der Waals surface area contributed by atoms with E-state index < -0.39 is 5.66 Å². The second-order valence-corrected chi connectivity index (χ2v) is 3.59. The molecular formula is C9H18BrN5O. The molecule has 1 aliphatic rings. The van der Waals surface area contributed by atoms with E-state index in [-0.39, 0.29) is 28.9 Å². The molecule has 0 atom stereocenters. The van der Waals surface area contributed by atoms with Crippen LogP contribution in [0.25, 0.3) is 0 Å². The maximum Gasteiger partial charge on any atom is 0.226 e. The summed E-state index contributed by atoms with van der Waals surface area (Å²) in [5.74, 6) is 0.389. The monoisotopic (exact) mass is 291 g/mol. The maximum atomic E-state index is 5.69. The smallest absolute Gasteiger partial charge is 0.226 e. The van der Waals surface area contributed by atoms with E-state index >= 15 is 0 Å². The summed E-state index contributed by atoms with van der Waals surface area (Å²) in [7, 11) is 0. The van der Waals surface area contributed by atoms with Crippen LogP contribution in [0.1, 0.15) is 20.8 Å². The third kappa shape index (κ3) is 3.49. The number of hydrogen-bond donors (Lipinski definition) is 2. The topological polar surface area (TPSA) is 89.2 Å². The van der Waals surface area contributed by atoms with Crippen LogP contribution in [0.2, 0.25) is 0 Å². The summed E-state index contributed by atoms with van der Waals surface area (Å²) in [6.07, 6.45) is 3.76. The van der Waals surface area contributed by atoms with Crippen LogP contribution in [0.15, 0.2) is 22.1 Å². The van der Waals surface area contributed by atoms with Crippen molar-refractivity contribution in [1.29, 1.82) is 0 Å². The van der Waals surface area contributed by atoms with E-state index in [0.29, 0.717) is 6.61 Å². The number of nitrogens with two attached hydrogens (primary N) is 2. The molecule has 0 saturated heterocycles. The second kappa shape index (κ2) is 5.86. The third-order valence-corrected chi connectivity index (χ3v) is 1.86. The highest BCUT2D eigenvalue weighted by Crippen LogP contribution is 2.19. The van der Waals surface area contributed by atoms with Gasteiger partial charge in [0.25, 0.3) is 0 Å². The Morgan fingerprint density at radius 2 is 2.06 bits per heavy atom. The quantitative estimate of drug-likeness (QED) is 0.751. The minimum absolute atomic E-state index is 0. The van der Waals surface area contributed by atoms with Gasteiger partial charge in [0.2, 0.25) is 11.9 Å². The number of aliphatic imine (C=N–C) groups is 2. The molecule has 0 radical (unpaired) electrons. The zero-order valence-electron chi connectivity index (χ0n) is 9.67. The third-order valence-electron chi connectivity index (χ3n) is 1.86. The second-order valence-electron chi connectivity index (χ2n) is 3.59. The van der Waals surface area contributed by atoms with Gasteiger partial charge in [0, 0.05) is 0 Å². The Morgan fingerprint density at radius 3 is 2.56 bits per heavy atom. The van der Waals surface area contributed by atoms with Crippen LogP contribution in [0.4, 0.5) is 0 Å². The van der Waals surface area contributed by atoms with Crippen LogP contribution < -0.4 is 11.5 Å². The van der Waals surface area contributed by atoms with Gasteiger partial charge < -0.3 is 11.5 Å². The molecule has 1 aliphatic heterocycles. The van der Waals surface area contributed by atoms with E-state index in [9.17, 15) is 0 Å². The zero-order chi connectivity index (χ0) is 11.5. The standard InChI is InChI=1S/C9H17N5O.BrH/c1-4-5-6-15-14-8(11)12-7(10)13-9(14,2)3;/h4-5H,6H2,1-3H3,(H4,10,11,12,13);1H/b5-4+;. The number of halogens is 1. The Labute approximate surface area is 106 Å². The number of hydroxylamine groups is 2. The van der Waals surface area contributed by atoms with Gasteiger partial charge in [-0.15, -0.1) is 17.0 Å². The van der Waals surface area contributed by atoms with Crippen LogP contribution in [0.5, 0.6) is 0 Å². The fourth-order valence-corrected chi connectivity index (χ4v) is 1.23. The van der Waals surface area contributed by atoms with E-state index in [1.165, 1.54) is 5.06 Å². The van der Waals surface area contributed by atoms with Crippen molar-refractivity contribution in [3.05, 3.63) is 12.2 Å². The molecule has 1 rings (SSSR count). The van der Waals surface area contributed by atoms with Crippen LogP contribution in [0.3, 0.4) is 0 Å². The summed E-state index contributed by atoms with van der Waals surface area (Å²) in [6, 6.07) is 0. The molecule has 0 aromatic carbocycles. The highest BCUT2D eigenvalue weighted by molar-refractivity contribution is 8.93. The SMILES string of the molecule is Br.C/C=C/CON1C(N)=NC(N)=NC1(C)C. The Kier molecular flexibility index (Phi) is 5.46. The van der Waals surface area contributed by atoms with Crippen molar-refractivity contribution < 1.29 is 4.84 Å². The lowest BCUT2D eigenvalue weighted by atomic mass is 10.2. The van der Waals surface area contributed by atoms with Crippen LogP contribution >= 0.6 is 17.0 Å². The lowest BCUT2D eigenvalue weighted by molar-refractivity contribution is -0.146. The van der Waals surface area contributed by atoms with Gasteiger partial charge in [-0.05, 0) is 20.8 Å². The first-order valence-corrected chi connectivity index (χ1v) is 4.71. The molecule has 7 heteroatoms. The lowest BCUT2D eigenvalue weighted by Crippen LogP contribution is -2.53. The fourth-order valence-electron chi connectivity index (χ4n) is 1.23. The summed E-state index contributed by atoms with van der Waals surface area (Å²) in [5, 5.41) is 1.45. The Hall–Kier alpha value is -1.08. The van der Waals surface area contributed by atoms with Crippen molar-refractivity contribution in [1.82, 2.24) is 5.06 Å². The first-order valence-electron chi connectivity index (χ1n) is 4.71. The summed E-state index contributed by atoms with van der Waals surface area (Å²) in [4.78, 5) is 13.4. The van der Waals surface area contributed by atoms with Crippen LogP contribution in [0, 0.1) is 0 Å². The number of rotatable bonds is 3. The first kappa shape index (κ1) is 14.9. The molecule has 0 bridgehead atoms. The molecular weight excluding hydrogens is 274 g/mol. The predicted octanol–water partition coefficient (Wildman–Crippen LogP) is 0.753. The van der Waals surface area contributed by atoms with E-state index in [1.807, 2.05) is 32.9 Å². The molecule has 0 spiro atoms. The molecule has 0 aliphatic carbocycles. The molecule has 0 aromatic heterocycles. The highest BCUT2D eigenvalue weighted by atomic mass is 79.9. The van der Waals surface area contributed by atoms with Crippen LogP contribution in [-0.2, 0) is 4.84 Å². The summed E-state index contributed by atoms with van der Waals surface area (Å²) in [5.41, 5.74) is 10.6. The van der Waals surface area contributed by atoms with E-state index in [0.717, 1.165) is 0 Å². The van der Waals surface area contributed by atoms with Crippen molar-refractivity contribution in [2.24, 2.45) is 21.5 Å². The van der Waals surface area contributed by atoms with Gasteiger partial charge in [-0.1, -0.05) is 12.2 Å². The van der Waals surface area contributed by atoms with Gasteiger partial charge >= 0.3 is 0 Å². The van der Waals surface area contributed by atoms with Crippen LogP contribution in [-0.4, -0.2) is 29.3 Å². The number of guanidine groups is 2. The Balaban J connectivity index is 0.00000225. The first-order chi connectivity index (χ1) is 6.97. The summed E-state index contributed by atoms with van der Waals surface area (Å²) < 4.78 is 0. The van der Waals surface area contributed by atoms with Gasteiger partial charge in [0.1, 0.15) is 0 Å². The average Bonchev–Trinajstić information content (AvgIpc) is 2.08. The number of allylic oxidation sites excluding steroid dienone is 1. The molecule has 92 valence electrons.